The Morgan fingerprint density at radius 2 is 1.90 bits per heavy atom. The Morgan fingerprint density at radius 1 is 1.25 bits per heavy atom. The van der Waals surface area contributed by atoms with Gasteiger partial charge in [0.05, 0.1) is 5.56 Å². The second-order valence-corrected chi connectivity index (χ2v) is 4.66. The van der Waals surface area contributed by atoms with Gasteiger partial charge in [-0.1, -0.05) is 19.0 Å². The van der Waals surface area contributed by atoms with Crippen molar-refractivity contribution < 1.29 is 22.1 Å². The number of anilines is 1. The molecule has 3 nitrogen and oxygen atoms in total. The highest BCUT2D eigenvalue weighted by molar-refractivity contribution is 5.68. The van der Waals surface area contributed by atoms with Gasteiger partial charge in [-0.25, -0.2) is 4.39 Å². The van der Waals surface area contributed by atoms with Gasteiger partial charge in [0.25, 0.3) is 0 Å². The van der Waals surface area contributed by atoms with Gasteiger partial charge in [0, 0.05) is 11.1 Å². The van der Waals surface area contributed by atoms with Crippen LogP contribution < -0.4 is 5.73 Å². The van der Waals surface area contributed by atoms with E-state index in [0.29, 0.717) is 11.6 Å². The standard InChI is InChI=1S/C13H12F4N2O/c1-6(2)10-11(19-20-12(10)18)7-3-4-9(14)8(5-7)13(15,16)17/h3-6H,18H2,1-2H3. The maximum absolute atomic E-state index is 13.3. The second kappa shape index (κ2) is 4.81. The quantitative estimate of drug-likeness (QED) is 0.842. The van der Waals surface area contributed by atoms with Gasteiger partial charge in [-0.2, -0.15) is 13.2 Å². The number of hydrogen-bond donors (Lipinski definition) is 1. The maximum atomic E-state index is 13.3. The lowest BCUT2D eigenvalue weighted by atomic mass is 9.97. The first-order chi connectivity index (χ1) is 9.21. The molecule has 0 amide bonds. The molecule has 0 saturated carbocycles. The summed E-state index contributed by atoms with van der Waals surface area (Å²) >= 11 is 0. The maximum Gasteiger partial charge on any atom is 0.419 e. The molecule has 0 saturated heterocycles. The third-order valence-corrected chi connectivity index (χ3v) is 2.88. The summed E-state index contributed by atoms with van der Waals surface area (Å²) in [4.78, 5) is 0. The third-order valence-electron chi connectivity index (χ3n) is 2.88. The number of benzene rings is 1. The average molecular weight is 288 g/mol. The molecule has 0 atom stereocenters. The van der Waals surface area contributed by atoms with Crippen LogP contribution in [-0.4, -0.2) is 5.16 Å². The van der Waals surface area contributed by atoms with Crippen molar-refractivity contribution in [1.82, 2.24) is 5.16 Å². The van der Waals surface area contributed by atoms with Gasteiger partial charge >= 0.3 is 6.18 Å². The summed E-state index contributed by atoms with van der Waals surface area (Å²) in [6, 6.07) is 2.68. The van der Waals surface area contributed by atoms with Crippen LogP contribution in [0.3, 0.4) is 0 Å². The van der Waals surface area contributed by atoms with Crippen LogP contribution in [0.4, 0.5) is 23.4 Å². The van der Waals surface area contributed by atoms with Gasteiger partial charge in [-0.3, -0.25) is 0 Å². The van der Waals surface area contributed by atoms with Crippen LogP contribution in [0, 0.1) is 5.82 Å². The molecule has 1 heterocycles. The zero-order valence-electron chi connectivity index (χ0n) is 10.8. The minimum Gasteiger partial charge on any atom is -0.367 e. The van der Waals surface area contributed by atoms with Crippen molar-refractivity contribution in [2.75, 3.05) is 5.73 Å². The summed E-state index contributed by atoms with van der Waals surface area (Å²) in [5.74, 6) is -1.37. The van der Waals surface area contributed by atoms with Crippen LogP contribution in [-0.2, 0) is 6.18 Å². The number of rotatable bonds is 2. The molecular formula is C13H12F4N2O. The summed E-state index contributed by atoms with van der Waals surface area (Å²) in [6.07, 6.45) is -4.77. The first kappa shape index (κ1) is 14.4. The molecule has 108 valence electrons. The molecule has 0 fully saturated rings. The molecule has 0 aliphatic rings. The summed E-state index contributed by atoms with van der Waals surface area (Å²) in [5, 5.41) is 3.67. The smallest absolute Gasteiger partial charge is 0.367 e. The van der Waals surface area contributed by atoms with Crippen molar-refractivity contribution >= 4 is 5.88 Å². The van der Waals surface area contributed by atoms with Crippen molar-refractivity contribution in [1.29, 1.82) is 0 Å². The first-order valence-electron chi connectivity index (χ1n) is 5.84. The number of halogens is 4. The predicted octanol–water partition coefficient (Wildman–Crippen LogP) is 4.21. The Balaban J connectivity index is 2.60. The van der Waals surface area contributed by atoms with Gasteiger partial charge < -0.3 is 10.3 Å². The molecule has 0 unspecified atom stereocenters. The van der Waals surface area contributed by atoms with E-state index in [1.807, 2.05) is 0 Å². The van der Waals surface area contributed by atoms with Crippen molar-refractivity contribution in [3.05, 3.63) is 35.1 Å². The van der Waals surface area contributed by atoms with Gasteiger partial charge in [0.15, 0.2) is 0 Å². The minimum absolute atomic E-state index is 0.0490. The van der Waals surface area contributed by atoms with Crippen LogP contribution in [0.25, 0.3) is 11.3 Å². The van der Waals surface area contributed by atoms with E-state index in [1.54, 1.807) is 13.8 Å². The molecule has 7 heteroatoms. The van der Waals surface area contributed by atoms with E-state index >= 15 is 0 Å². The number of nitrogen functional groups attached to an aromatic ring is 1. The topological polar surface area (TPSA) is 52.0 Å². The van der Waals surface area contributed by atoms with Crippen molar-refractivity contribution in [3.63, 3.8) is 0 Å². The fourth-order valence-corrected chi connectivity index (χ4v) is 1.97. The molecule has 0 aliphatic carbocycles. The van der Waals surface area contributed by atoms with Crippen LogP contribution in [0.2, 0.25) is 0 Å². The number of nitrogens with two attached hydrogens (primary N) is 1. The SMILES string of the molecule is CC(C)c1c(-c2ccc(F)c(C(F)(F)F)c2)noc1N. The zero-order valence-corrected chi connectivity index (χ0v) is 10.8. The van der Waals surface area contributed by atoms with Gasteiger partial charge in [0.2, 0.25) is 5.88 Å². The third kappa shape index (κ3) is 2.48. The fourth-order valence-electron chi connectivity index (χ4n) is 1.97. The highest BCUT2D eigenvalue weighted by atomic mass is 19.4. The zero-order chi connectivity index (χ0) is 15.1. The summed E-state index contributed by atoms with van der Waals surface area (Å²) in [5.41, 5.74) is 5.08. The number of hydrogen-bond acceptors (Lipinski definition) is 3. The van der Waals surface area contributed by atoms with Crippen molar-refractivity contribution in [2.45, 2.75) is 25.9 Å². The van der Waals surface area contributed by atoms with E-state index in [-0.39, 0.29) is 23.1 Å². The molecule has 0 spiro atoms. The molecule has 1 aromatic carbocycles. The lowest BCUT2D eigenvalue weighted by molar-refractivity contribution is -0.139. The first-order valence-corrected chi connectivity index (χ1v) is 5.84. The Hall–Kier alpha value is -2.05. The molecule has 2 aromatic rings. The highest BCUT2D eigenvalue weighted by Crippen LogP contribution is 2.37. The molecule has 0 aliphatic heterocycles. The minimum atomic E-state index is -4.77. The Labute approximate surface area is 112 Å². The lowest BCUT2D eigenvalue weighted by Crippen LogP contribution is -2.08. The number of aromatic nitrogens is 1. The van der Waals surface area contributed by atoms with E-state index in [0.717, 1.165) is 6.07 Å². The number of nitrogens with zero attached hydrogens (tertiary/aromatic N) is 1. The van der Waals surface area contributed by atoms with Gasteiger partial charge in [-0.05, 0) is 24.1 Å². The molecule has 1 aromatic heterocycles. The molecule has 20 heavy (non-hydrogen) atoms. The van der Waals surface area contributed by atoms with Crippen LogP contribution in [0.15, 0.2) is 22.7 Å². The summed E-state index contributed by atoms with van der Waals surface area (Å²) < 4.78 is 56.2. The Morgan fingerprint density at radius 3 is 2.45 bits per heavy atom. The normalized spacial score (nSPS) is 12.2. The molecule has 2 rings (SSSR count). The molecule has 2 N–H and O–H groups in total. The molecular weight excluding hydrogens is 276 g/mol. The van der Waals surface area contributed by atoms with Crippen molar-refractivity contribution in [3.8, 4) is 11.3 Å². The molecule has 0 radical (unpaired) electrons. The largest absolute Gasteiger partial charge is 0.419 e. The average Bonchev–Trinajstić information content (AvgIpc) is 2.70. The van der Waals surface area contributed by atoms with E-state index < -0.39 is 17.6 Å². The highest BCUT2D eigenvalue weighted by Gasteiger charge is 2.34. The van der Waals surface area contributed by atoms with Gasteiger partial charge in [0.1, 0.15) is 11.5 Å². The summed E-state index contributed by atoms with van der Waals surface area (Å²) in [6.45, 7) is 3.61. The fraction of sp³-hybridized carbons (Fsp3) is 0.308. The number of alkyl halides is 3. The van der Waals surface area contributed by atoms with E-state index in [1.165, 1.54) is 6.07 Å². The van der Waals surface area contributed by atoms with E-state index in [4.69, 9.17) is 10.3 Å². The monoisotopic (exact) mass is 288 g/mol. The van der Waals surface area contributed by atoms with Gasteiger partial charge in [-0.15, -0.1) is 0 Å². The predicted molar refractivity (Wildman–Crippen MR) is 65.4 cm³/mol. The second-order valence-electron chi connectivity index (χ2n) is 4.66. The van der Waals surface area contributed by atoms with Crippen molar-refractivity contribution in [2.24, 2.45) is 0 Å². The van der Waals surface area contributed by atoms with E-state index in [9.17, 15) is 17.6 Å². The van der Waals surface area contributed by atoms with Crippen LogP contribution >= 0.6 is 0 Å². The molecule has 0 bridgehead atoms. The summed E-state index contributed by atoms with van der Waals surface area (Å²) in [7, 11) is 0. The lowest BCUT2D eigenvalue weighted by Gasteiger charge is -2.10. The van der Waals surface area contributed by atoms with Crippen LogP contribution in [0.1, 0.15) is 30.9 Å². The van der Waals surface area contributed by atoms with Crippen LogP contribution in [0.5, 0.6) is 0 Å². The van der Waals surface area contributed by atoms with E-state index in [2.05, 4.69) is 5.16 Å². The Kier molecular flexibility index (Phi) is 3.45. The Bertz CT molecular complexity index is 632.